The number of aromatic nitrogens is 1. The van der Waals surface area contributed by atoms with Crippen LogP contribution in [0.1, 0.15) is 51.6 Å². The fraction of sp³-hybridized carbons (Fsp3) is 0.769. The average molecular weight is 238 g/mol. The number of hydrogen-bond acceptors (Lipinski definition) is 3. The maximum absolute atomic E-state index is 4.55. The second-order valence-electron chi connectivity index (χ2n) is 5.22. The van der Waals surface area contributed by atoms with E-state index in [1.807, 2.05) is 0 Å². The Labute approximate surface area is 102 Å². The van der Waals surface area contributed by atoms with Gasteiger partial charge in [0.15, 0.2) is 5.13 Å². The SMILES string of the molecule is CCc1csc(NCC2(C)CCCCC2)n1. The summed E-state index contributed by atoms with van der Waals surface area (Å²) in [5, 5.41) is 6.78. The highest BCUT2D eigenvalue weighted by atomic mass is 32.1. The quantitative estimate of drug-likeness (QED) is 0.854. The van der Waals surface area contributed by atoms with Crippen molar-refractivity contribution in [2.45, 2.75) is 52.4 Å². The van der Waals surface area contributed by atoms with Crippen LogP contribution >= 0.6 is 11.3 Å². The van der Waals surface area contributed by atoms with Gasteiger partial charge in [0.25, 0.3) is 0 Å². The Morgan fingerprint density at radius 2 is 2.12 bits per heavy atom. The van der Waals surface area contributed by atoms with E-state index in [1.165, 1.54) is 37.8 Å². The standard InChI is InChI=1S/C13H22N2S/c1-3-11-9-16-12(15-11)14-10-13(2)7-5-4-6-8-13/h9H,3-8,10H2,1-2H3,(H,14,15). The van der Waals surface area contributed by atoms with Gasteiger partial charge in [0.05, 0.1) is 5.69 Å². The summed E-state index contributed by atoms with van der Waals surface area (Å²) in [4.78, 5) is 4.55. The Balaban J connectivity index is 1.86. The summed E-state index contributed by atoms with van der Waals surface area (Å²) in [5.41, 5.74) is 1.71. The maximum Gasteiger partial charge on any atom is 0.182 e. The first-order chi connectivity index (χ1) is 7.72. The van der Waals surface area contributed by atoms with Crippen LogP contribution in [0.5, 0.6) is 0 Å². The van der Waals surface area contributed by atoms with Gasteiger partial charge < -0.3 is 5.32 Å². The Hall–Kier alpha value is -0.570. The monoisotopic (exact) mass is 238 g/mol. The van der Waals surface area contributed by atoms with Crippen LogP contribution in [0, 0.1) is 5.41 Å². The van der Waals surface area contributed by atoms with E-state index in [2.05, 4.69) is 29.5 Å². The maximum atomic E-state index is 4.55. The minimum Gasteiger partial charge on any atom is -0.361 e. The third-order valence-corrected chi connectivity index (χ3v) is 4.49. The Morgan fingerprint density at radius 1 is 1.38 bits per heavy atom. The van der Waals surface area contributed by atoms with E-state index in [9.17, 15) is 0 Å². The van der Waals surface area contributed by atoms with Crippen LogP contribution in [-0.2, 0) is 6.42 Å². The van der Waals surface area contributed by atoms with Gasteiger partial charge in [-0.15, -0.1) is 11.3 Å². The summed E-state index contributed by atoms with van der Waals surface area (Å²) in [7, 11) is 0. The predicted molar refractivity (Wildman–Crippen MR) is 71.2 cm³/mol. The number of anilines is 1. The summed E-state index contributed by atoms with van der Waals surface area (Å²) in [6.45, 7) is 5.65. The van der Waals surface area contributed by atoms with E-state index < -0.39 is 0 Å². The Bertz CT molecular complexity index is 326. The molecular weight excluding hydrogens is 216 g/mol. The predicted octanol–water partition coefficient (Wildman–Crippen LogP) is 4.09. The number of thiazole rings is 1. The zero-order valence-corrected chi connectivity index (χ0v) is 11.2. The van der Waals surface area contributed by atoms with Crippen LogP contribution in [0.15, 0.2) is 5.38 Å². The van der Waals surface area contributed by atoms with Crippen molar-refractivity contribution in [1.29, 1.82) is 0 Å². The van der Waals surface area contributed by atoms with Crippen molar-refractivity contribution in [2.75, 3.05) is 11.9 Å². The van der Waals surface area contributed by atoms with Gasteiger partial charge in [0.2, 0.25) is 0 Å². The minimum atomic E-state index is 0.496. The molecule has 1 aliphatic rings. The van der Waals surface area contributed by atoms with Gasteiger partial charge in [-0.25, -0.2) is 4.98 Å². The molecule has 1 saturated carbocycles. The van der Waals surface area contributed by atoms with Crippen LogP contribution in [0.2, 0.25) is 0 Å². The molecule has 2 rings (SSSR count). The molecule has 1 fully saturated rings. The smallest absolute Gasteiger partial charge is 0.182 e. The molecule has 1 heterocycles. The fourth-order valence-corrected chi connectivity index (χ4v) is 3.21. The Kier molecular flexibility index (Phi) is 3.85. The second-order valence-corrected chi connectivity index (χ2v) is 6.08. The van der Waals surface area contributed by atoms with E-state index >= 15 is 0 Å². The van der Waals surface area contributed by atoms with Crippen LogP contribution in [0.3, 0.4) is 0 Å². The van der Waals surface area contributed by atoms with Crippen LogP contribution < -0.4 is 5.32 Å². The third kappa shape index (κ3) is 2.97. The van der Waals surface area contributed by atoms with Crippen LogP contribution in [0.25, 0.3) is 0 Å². The molecule has 1 aromatic heterocycles. The largest absolute Gasteiger partial charge is 0.361 e. The van der Waals surface area contributed by atoms with Gasteiger partial charge in [-0.2, -0.15) is 0 Å². The van der Waals surface area contributed by atoms with E-state index in [4.69, 9.17) is 0 Å². The molecule has 90 valence electrons. The lowest BCUT2D eigenvalue weighted by Gasteiger charge is -2.33. The zero-order valence-electron chi connectivity index (χ0n) is 10.4. The highest BCUT2D eigenvalue weighted by molar-refractivity contribution is 7.13. The normalized spacial score (nSPS) is 19.6. The van der Waals surface area contributed by atoms with Crippen molar-refractivity contribution < 1.29 is 0 Å². The summed E-state index contributed by atoms with van der Waals surface area (Å²) < 4.78 is 0. The molecule has 0 aliphatic heterocycles. The molecule has 16 heavy (non-hydrogen) atoms. The topological polar surface area (TPSA) is 24.9 Å². The molecule has 0 atom stereocenters. The summed E-state index contributed by atoms with van der Waals surface area (Å²) in [6, 6.07) is 0. The molecule has 1 aliphatic carbocycles. The Morgan fingerprint density at radius 3 is 2.75 bits per heavy atom. The molecule has 1 aromatic rings. The van der Waals surface area contributed by atoms with Crippen molar-refractivity contribution in [2.24, 2.45) is 5.41 Å². The van der Waals surface area contributed by atoms with Crippen molar-refractivity contribution in [3.63, 3.8) is 0 Å². The molecule has 0 radical (unpaired) electrons. The average Bonchev–Trinajstić information content (AvgIpc) is 2.75. The lowest BCUT2D eigenvalue weighted by molar-refractivity contribution is 0.233. The lowest BCUT2D eigenvalue weighted by Crippen LogP contribution is -2.28. The molecule has 3 heteroatoms. The first kappa shape index (κ1) is 11.9. The van der Waals surface area contributed by atoms with Gasteiger partial charge in [-0.1, -0.05) is 33.1 Å². The number of rotatable bonds is 4. The third-order valence-electron chi connectivity index (χ3n) is 3.64. The van der Waals surface area contributed by atoms with Crippen molar-refractivity contribution in [3.8, 4) is 0 Å². The molecule has 0 spiro atoms. The van der Waals surface area contributed by atoms with Gasteiger partial charge in [0.1, 0.15) is 0 Å². The van der Waals surface area contributed by atoms with Crippen molar-refractivity contribution in [1.82, 2.24) is 4.98 Å². The summed E-state index contributed by atoms with van der Waals surface area (Å²) in [6.07, 6.45) is 7.99. The fourth-order valence-electron chi connectivity index (χ4n) is 2.42. The first-order valence-electron chi connectivity index (χ1n) is 6.40. The first-order valence-corrected chi connectivity index (χ1v) is 7.28. The van der Waals surface area contributed by atoms with Gasteiger partial charge in [0, 0.05) is 11.9 Å². The van der Waals surface area contributed by atoms with Crippen molar-refractivity contribution in [3.05, 3.63) is 11.1 Å². The zero-order chi connectivity index (χ0) is 11.4. The highest BCUT2D eigenvalue weighted by Crippen LogP contribution is 2.35. The molecule has 0 aromatic carbocycles. The number of hydrogen-bond donors (Lipinski definition) is 1. The number of nitrogens with one attached hydrogen (secondary N) is 1. The van der Waals surface area contributed by atoms with Gasteiger partial charge in [-0.3, -0.25) is 0 Å². The second kappa shape index (κ2) is 5.17. The van der Waals surface area contributed by atoms with E-state index in [0.29, 0.717) is 5.41 Å². The summed E-state index contributed by atoms with van der Waals surface area (Å²) >= 11 is 1.74. The van der Waals surface area contributed by atoms with E-state index in [0.717, 1.165) is 18.1 Å². The van der Waals surface area contributed by atoms with Gasteiger partial charge in [-0.05, 0) is 24.7 Å². The molecule has 2 nitrogen and oxygen atoms in total. The van der Waals surface area contributed by atoms with Crippen LogP contribution in [0.4, 0.5) is 5.13 Å². The van der Waals surface area contributed by atoms with E-state index in [1.54, 1.807) is 11.3 Å². The number of aryl methyl sites for hydroxylation is 1. The highest BCUT2D eigenvalue weighted by Gasteiger charge is 2.26. The molecule has 0 bridgehead atoms. The number of nitrogens with zero attached hydrogens (tertiary/aromatic N) is 1. The molecule has 0 saturated heterocycles. The molecule has 0 unspecified atom stereocenters. The minimum absolute atomic E-state index is 0.496. The van der Waals surface area contributed by atoms with Gasteiger partial charge >= 0.3 is 0 Å². The summed E-state index contributed by atoms with van der Waals surface area (Å²) in [5.74, 6) is 0. The van der Waals surface area contributed by atoms with Crippen molar-refractivity contribution >= 4 is 16.5 Å². The van der Waals surface area contributed by atoms with E-state index in [-0.39, 0.29) is 0 Å². The molecule has 1 N–H and O–H groups in total. The lowest BCUT2D eigenvalue weighted by atomic mass is 9.76. The van der Waals surface area contributed by atoms with Crippen LogP contribution in [-0.4, -0.2) is 11.5 Å². The molecular formula is C13H22N2S. The molecule has 0 amide bonds.